The summed E-state index contributed by atoms with van der Waals surface area (Å²) in [5.74, 6) is -0.485. The van der Waals surface area contributed by atoms with Gasteiger partial charge in [-0.1, -0.05) is 12.1 Å². The van der Waals surface area contributed by atoms with E-state index < -0.39 is 18.0 Å². The zero-order chi connectivity index (χ0) is 20.1. The van der Waals surface area contributed by atoms with Crippen molar-refractivity contribution in [3.05, 3.63) is 52.3 Å². The van der Waals surface area contributed by atoms with Crippen LogP contribution in [0.2, 0.25) is 0 Å². The molecule has 0 spiro atoms. The van der Waals surface area contributed by atoms with E-state index in [2.05, 4.69) is 10.3 Å². The summed E-state index contributed by atoms with van der Waals surface area (Å²) in [6.07, 6.45) is -0.973. The Bertz CT molecular complexity index is 852. The van der Waals surface area contributed by atoms with Gasteiger partial charge in [-0.05, 0) is 51.0 Å². The second-order valence-corrected chi connectivity index (χ2v) is 6.29. The van der Waals surface area contributed by atoms with Crippen molar-refractivity contribution in [1.29, 1.82) is 0 Å². The Labute approximate surface area is 158 Å². The molecule has 1 unspecified atom stereocenters. The largest absolute Gasteiger partial charge is 0.497 e. The van der Waals surface area contributed by atoms with Crippen LogP contribution in [0.3, 0.4) is 0 Å². The average Bonchev–Trinajstić information content (AvgIpc) is 2.94. The number of esters is 1. The maximum absolute atomic E-state index is 12.4. The highest BCUT2D eigenvalue weighted by Gasteiger charge is 2.24. The first-order valence-corrected chi connectivity index (χ1v) is 8.56. The van der Waals surface area contributed by atoms with Gasteiger partial charge in [-0.25, -0.2) is 4.79 Å². The smallest absolute Gasteiger partial charge is 0.355 e. The first kappa shape index (κ1) is 20.2. The normalized spacial score (nSPS) is 11.6. The van der Waals surface area contributed by atoms with Crippen molar-refractivity contribution < 1.29 is 23.9 Å². The number of ketones is 1. The Morgan fingerprint density at radius 2 is 1.78 bits per heavy atom. The van der Waals surface area contributed by atoms with Crippen molar-refractivity contribution in [2.45, 2.75) is 40.3 Å². The molecule has 1 aromatic carbocycles. The molecule has 1 amide bonds. The Hall–Kier alpha value is -3.09. The van der Waals surface area contributed by atoms with Crippen LogP contribution >= 0.6 is 0 Å². The zero-order valence-electron chi connectivity index (χ0n) is 16.1. The quantitative estimate of drug-likeness (QED) is 0.575. The van der Waals surface area contributed by atoms with Crippen LogP contribution in [0, 0.1) is 13.8 Å². The van der Waals surface area contributed by atoms with Crippen molar-refractivity contribution in [1.82, 2.24) is 10.3 Å². The van der Waals surface area contributed by atoms with Crippen LogP contribution in [0.1, 0.15) is 51.5 Å². The number of carbonyl (C=O) groups is 3. The third-order valence-corrected chi connectivity index (χ3v) is 4.27. The summed E-state index contributed by atoms with van der Waals surface area (Å²) in [5, 5.41) is 2.72. The predicted octanol–water partition coefficient (Wildman–Crippen LogP) is 2.70. The standard InChI is InChI=1S/C20H24N2O5/c1-11-17(13(3)23)12(2)22-18(11)20(25)27-14(4)19(24)21-10-15-6-8-16(26-5)9-7-15/h6-9,14,22H,10H2,1-5H3,(H,21,24). The molecule has 0 aliphatic carbocycles. The molecule has 1 atom stereocenters. The van der Waals surface area contributed by atoms with Gasteiger partial charge in [-0.2, -0.15) is 0 Å². The third kappa shape index (κ3) is 4.75. The van der Waals surface area contributed by atoms with E-state index in [0.717, 1.165) is 11.3 Å². The van der Waals surface area contributed by atoms with Gasteiger partial charge in [0.05, 0.1) is 7.11 Å². The SMILES string of the molecule is COc1ccc(CNC(=O)C(C)OC(=O)c2[nH]c(C)c(C(C)=O)c2C)cc1. The van der Waals surface area contributed by atoms with E-state index in [1.54, 1.807) is 33.1 Å². The van der Waals surface area contributed by atoms with Crippen LogP contribution in [-0.4, -0.2) is 35.9 Å². The van der Waals surface area contributed by atoms with Crippen LogP contribution in [-0.2, 0) is 16.1 Å². The molecule has 1 heterocycles. The van der Waals surface area contributed by atoms with E-state index in [9.17, 15) is 14.4 Å². The van der Waals surface area contributed by atoms with Crippen LogP contribution in [0.15, 0.2) is 24.3 Å². The monoisotopic (exact) mass is 372 g/mol. The lowest BCUT2D eigenvalue weighted by Gasteiger charge is -2.13. The molecule has 0 aliphatic rings. The lowest BCUT2D eigenvalue weighted by atomic mass is 10.1. The van der Waals surface area contributed by atoms with Gasteiger partial charge in [-0.15, -0.1) is 0 Å². The molecular formula is C20H24N2O5. The number of ether oxygens (including phenoxy) is 2. The number of hydrogen-bond acceptors (Lipinski definition) is 5. The van der Waals surface area contributed by atoms with Gasteiger partial charge in [0.1, 0.15) is 11.4 Å². The summed E-state index contributed by atoms with van der Waals surface area (Å²) < 4.78 is 10.3. The molecule has 7 heteroatoms. The summed E-state index contributed by atoms with van der Waals surface area (Å²) in [6, 6.07) is 7.27. The minimum Gasteiger partial charge on any atom is -0.497 e. The fourth-order valence-corrected chi connectivity index (χ4v) is 2.83. The topological polar surface area (TPSA) is 97.5 Å². The van der Waals surface area contributed by atoms with Crippen molar-refractivity contribution in [3.63, 3.8) is 0 Å². The molecular weight excluding hydrogens is 348 g/mol. The van der Waals surface area contributed by atoms with Gasteiger partial charge in [-0.3, -0.25) is 9.59 Å². The number of hydrogen-bond donors (Lipinski definition) is 2. The summed E-state index contributed by atoms with van der Waals surface area (Å²) in [4.78, 5) is 39.1. The molecule has 2 rings (SSSR count). The van der Waals surface area contributed by atoms with Crippen molar-refractivity contribution in [2.75, 3.05) is 7.11 Å². The molecule has 0 radical (unpaired) electrons. The molecule has 27 heavy (non-hydrogen) atoms. The fourth-order valence-electron chi connectivity index (χ4n) is 2.83. The summed E-state index contributed by atoms with van der Waals surface area (Å²) >= 11 is 0. The van der Waals surface area contributed by atoms with Gasteiger partial charge in [0.2, 0.25) is 0 Å². The lowest BCUT2D eigenvalue weighted by Crippen LogP contribution is -2.35. The lowest BCUT2D eigenvalue weighted by molar-refractivity contribution is -0.129. The number of aryl methyl sites for hydroxylation is 1. The molecule has 7 nitrogen and oxygen atoms in total. The van der Waals surface area contributed by atoms with Crippen molar-refractivity contribution >= 4 is 17.7 Å². The highest BCUT2D eigenvalue weighted by Crippen LogP contribution is 2.19. The van der Waals surface area contributed by atoms with Crippen LogP contribution in [0.5, 0.6) is 5.75 Å². The molecule has 2 aromatic rings. The summed E-state index contributed by atoms with van der Waals surface area (Å²) in [7, 11) is 1.58. The highest BCUT2D eigenvalue weighted by atomic mass is 16.5. The number of Topliss-reactive ketones (excluding diaryl/α,β-unsaturated/α-hetero) is 1. The van der Waals surface area contributed by atoms with Crippen molar-refractivity contribution in [2.24, 2.45) is 0 Å². The molecule has 0 saturated heterocycles. The van der Waals surface area contributed by atoms with Crippen LogP contribution in [0.4, 0.5) is 0 Å². The second-order valence-electron chi connectivity index (χ2n) is 6.29. The Balaban J connectivity index is 1.96. The number of H-pyrrole nitrogens is 1. The first-order chi connectivity index (χ1) is 12.7. The number of aromatic nitrogens is 1. The minimum atomic E-state index is -0.973. The predicted molar refractivity (Wildman–Crippen MR) is 100.0 cm³/mol. The van der Waals surface area contributed by atoms with E-state index in [0.29, 0.717) is 23.4 Å². The highest BCUT2D eigenvalue weighted by molar-refractivity contribution is 6.01. The fraction of sp³-hybridized carbons (Fsp3) is 0.350. The van der Waals surface area contributed by atoms with Gasteiger partial charge in [0.25, 0.3) is 5.91 Å². The number of benzene rings is 1. The van der Waals surface area contributed by atoms with E-state index >= 15 is 0 Å². The third-order valence-electron chi connectivity index (χ3n) is 4.27. The van der Waals surface area contributed by atoms with Crippen molar-refractivity contribution in [3.8, 4) is 5.75 Å². The maximum atomic E-state index is 12.4. The molecule has 2 N–H and O–H groups in total. The van der Waals surface area contributed by atoms with E-state index in [4.69, 9.17) is 9.47 Å². The van der Waals surface area contributed by atoms with Gasteiger partial charge in [0, 0.05) is 17.8 Å². The molecule has 0 saturated carbocycles. The van der Waals surface area contributed by atoms with Gasteiger partial charge in [0.15, 0.2) is 11.9 Å². The minimum absolute atomic E-state index is 0.134. The van der Waals surface area contributed by atoms with Gasteiger partial charge >= 0.3 is 5.97 Å². The Morgan fingerprint density at radius 1 is 1.15 bits per heavy atom. The Morgan fingerprint density at radius 3 is 2.30 bits per heavy atom. The zero-order valence-corrected chi connectivity index (χ0v) is 16.1. The average molecular weight is 372 g/mol. The molecule has 0 aliphatic heterocycles. The van der Waals surface area contributed by atoms with Gasteiger partial charge < -0.3 is 19.8 Å². The van der Waals surface area contributed by atoms with Crippen LogP contribution < -0.4 is 10.1 Å². The number of rotatable bonds is 7. The maximum Gasteiger partial charge on any atom is 0.355 e. The summed E-state index contributed by atoms with van der Waals surface area (Å²) in [5.41, 5.74) is 2.68. The molecule has 0 bridgehead atoms. The Kier molecular flexibility index (Phi) is 6.39. The number of aromatic amines is 1. The van der Waals surface area contributed by atoms with E-state index in [1.165, 1.54) is 13.8 Å². The number of amides is 1. The first-order valence-electron chi connectivity index (χ1n) is 8.56. The van der Waals surface area contributed by atoms with Crippen LogP contribution in [0.25, 0.3) is 0 Å². The second kappa shape index (κ2) is 8.53. The molecule has 144 valence electrons. The van der Waals surface area contributed by atoms with E-state index in [-0.39, 0.29) is 11.5 Å². The molecule has 1 aromatic heterocycles. The van der Waals surface area contributed by atoms with E-state index in [1.807, 2.05) is 12.1 Å². The number of methoxy groups -OCH3 is 1. The molecule has 0 fully saturated rings. The summed E-state index contributed by atoms with van der Waals surface area (Å²) in [6.45, 7) is 6.63. The number of nitrogens with one attached hydrogen (secondary N) is 2. The number of carbonyl (C=O) groups excluding carboxylic acids is 3.